The standard InChI is InChI=1S/C22H27ClN2O3/c1-15(2)18-6-4-16(3)12-21(18)28-14-22(26)24-17-5-7-20(19(23)13-17)25-8-10-27-11-9-25/h4-7,12-13,15H,8-11,14H2,1-3H3,(H,24,26). The Morgan fingerprint density at radius 1 is 1.21 bits per heavy atom. The molecule has 0 bridgehead atoms. The molecule has 6 heteroatoms. The summed E-state index contributed by atoms with van der Waals surface area (Å²) in [5, 5.41) is 3.47. The van der Waals surface area contributed by atoms with Gasteiger partial charge in [0, 0.05) is 18.8 Å². The Morgan fingerprint density at radius 2 is 1.96 bits per heavy atom. The lowest BCUT2D eigenvalue weighted by atomic mass is 10.0. The molecule has 0 atom stereocenters. The van der Waals surface area contributed by atoms with Crippen LogP contribution in [0.3, 0.4) is 0 Å². The molecule has 1 aliphatic rings. The second-order valence-corrected chi connectivity index (χ2v) is 7.71. The van der Waals surface area contributed by atoms with Gasteiger partial charge in [-0.15, -0.1) is 0 Å². The highest BCUT2D eigenvalue weighted by Gasteiger charge is 2.15. The third kappa shape index (κ3) is 5.18. The Bertz CT molecular complexity index is 833. The zero-order valence-electron chi connectivity index (χ0n) is 16.6. The van der Waals surface area contributed by atoms with E-state index in [0.29, 0.717) is 29.8 Å². The largest absolute Gasteiger partial charge is 0.483 e. The summed E-state index contributed by atoms with van der Waals surface area (Å²) in [6.45, 7) is 9.20. The first-order valence-corrected chi connectivity index (χ1v) is 9.97. The third-order valence-corrected chi connectivity index (χ3v) is 5.04. The molecule has 150 valence electrons. The molecule has 1 amide bonds. The van der Waals surface area contributed by atoms with Gasteiger partial charge in [0.2, 0.25) is 0 Å². The molecule has 5 nitrogen and oxygen atoms in total. The lowest BCUT2D eigenvalue weighted by Crippen LogP contribution is -2.36. The molecule has 28 heavy (non-hydrogen) atoms. The average molecular weight is 403 g/mol. The first-order chi connectivity index (χ1) is 13.4. The van der Waals surface area contributed by atoms with E-state index >= 15 is 0 Å². The minimum absolute atomic E-state index is 0.0496. The van der Waals surface area contributed by atoms with Crippen molar-refractivity contribution < 1.29 is 14.3 Å². The van der Waals surface area contributed by atoms with Crippen molar-refractivity contribution in [2.75, 3.05) is 43.1 Å². The molecule has 0 spiro atoms. The SMILES string of the molecule is Cc1ccc(C(C)C)c(OCC(=O)Nc2ccc(N3CCOCC3)c(Cl)c2)c1. The van der Waals surface area contributed by atoms with Gasteiger partial charge < -0.3 is 19.7 Å². The molecule has 1 fully saturated rings. The van der Waals surface area contributed by atoms with E-state index in [2.05, 4.69) is 36.2 Å². The zero-order valence-corrected chi connectivity index (χ0v) is 17.4. The van der Waals surface area contributed by atoms with Crippen LogP contribution in [0.15, 0.2) is 36.4 Å². The lowest BCUT2D eigenvalue weighted by molar-refractivity contribution is -0.118. The Labute approximate surface area is 171 Å². The van der Waals surface area contributed by atoms with Gasteiger partial charge in [0.15, 0.2) is 6.61 Å². The van der Waals surface area contributed by atoms with Gasteiger partial charge in [0.05, 0.1) is 23.9 Å². The van der Waals surface area contributed by atoms with Crippen LogP contribution >= 0.6 is 11.6 Å². The van der Waals surface area contributed by atoms with Gasteiger partial charge in [-0.05, 0) is 48.2 Å². The summed E-state index contributed by atoms with van der Waals surface area (Å²) in [4.78, 5) is 14.5. The second kappa shape index (κ2) is 9.30. The molecule has 1 saturated heterocycles. The molecule has 0 saturated carbocycles. The number of rotatable bonds is 6. The summed E-state index contributed by atoms with van der Waals surface area (Å²) in [5.74, 6) is 0.863. The number of ether oxygens (including phenoxy) is 2. The Kier molecular flexibility index (Phi) is 6.81. The van der Waals surface area contributed by atoms with Gasteiger partial charge in [0.25, 0.3) is 5.91 Å². The van der Waals surface area contributed by atoms with E-state index in [9.17, 15) is 4.79 Å². The number of nitrogens with zero attached hydrogens (tertiary/aromatic N) is 1. The smallest absolute Gasteiger partial charge is 0.262 e. The van der Waals surface area contributed by atoms with Gasteiger partial charge in [0.1, 0.15) is 5.75 Å². The van der Waals surface area contributed by atoms with Crippen molar-refractivity contribution >= 4 is 28.9 Å². The van der Waals surface area contributed by atoms with Crippen LogP contribution in [0, 0.1) is 6.92 Å². The fourth-order valence-corrected chi connectivity index (χ4v) is 3.53. The molecule has 0 aromatic heterocycles. The molecule has 1 N–H and O–H groups in total. The maximum atomic E-state index is 12.3. The summed E-state index contributed by atoms with van der Waals surface area (Å²) in [7, 11) is 0. The van der Waals surface area contributed by atoms with Crippen molar-refractivity contribution in [3.63, 3.8) is 0 Å². The van der Waals surface area contributed by atoms with Crippen LogP contribution in [-0.4, -0.2) is 38.8 Å². The first kappa shape index (κ1) is 20.5. The van der Waals surface area contributed by atoms with Crippen LogP contribution in [0.4, 0.5) is 11.4 Å². The maximum absolute atomic E-state index is 12.3. The normalized spacial score (nSPS) is 14.2. The fraction of sp³-hybridized carbons (Fsp3) is 0.409. The quantitative estimate of drug-likeness (QED) is 0.765. The number of amides is 1. The molecule has 1 aliphatic heterocycles. The zero-order chi connectivity index (χ0) is 20.1. The molecule has 1 heterocycles. The summed E-state index contributed by atoms with van der Waals surface area (Å²) < 4.78 is 11.2. The number of morpholine rings is 1. The number of benzene rings is 2. The van der Waals surface area contributed by atoms with Crippen molar-refractivity contribution in [1.82, 2.24) is 0 Å². The summed E-state index contributed by atoms with van der Waals surface area (Å²) >= 11 is 6.43. The van der Waals surface area contributed by atoms with Crippen molar-refractivity contribution in [3.05, 3.63) is 52.5 Å². The number of anilines is 2. The van der Waals surface area contributed by atoms with Crippen LogP contribution < -0.4 is 15.0 Å². The Morgan fingerprint density at radius 3 is 2.64 bits per heavy atom. The minimum Gasteiger partial charge on any atom is -0.483 e. The highest BCUT2D eigenvalue weighted by atomic mass is 35.5. The van der Waals surface area contributed by atoms with Gasteiger partial charge in [-0.3, -0.25) is 4.79 Å². The van der Waals surface area contributed by atoms with E-state index in [1.807, 2.05) is 25.1 Å². The maximum Gasteiger partial charge on any atom is 0.262 e. The number of halogens is 1. The topological polar surface area (TPSA) is 50.8 Å². The van der Waals surface area contributed by atoms with E-state index in [-0.39, 0.29) is 12.5 Å². The Hall–Kier alpha value is -2.24. The van der Waals surface area contributed by atoms with Gasteiger partial charge in [-0.25, -0.2) is 0 Å². The van der Waals surface area contributed by atoms with Crippen molar-refractivity contribution in [3.8, 4) is 5.75 Å². The molecular weight excluding hydrogens is 376 g/mol. The fourth-order valence-electron chi connectivity index (χ4n) is 3.23. The van der Waals surface area contributed by atoms with E-state index in [1.165, 1.54) is 0 Å². The van der Waals surface area contributed by atoms with E-state index in [4.69, 9.17) is 21.1 Å². The molecule has 0 aliphatic carbocycles. The Balaban J connectivity index is 1.61. The predicted octanol–water partition coefficient (Wildman–Crippen LogP) is 4.63. The van der Waals surface area contributed by atoms with Crippen molar-refractivity contribution in [2.24, 2.45) is 0 Å². The molecular formula is C22H27ClN2O3. The third-order valence-electron chi connectivity index (χ3n) is 4.73. The molecule has 0 radical (unpaired) electrons. The number of carbonyl (C=O) groups excluding carboxylic acids is 1. The first-order valence-electron chi connectivity index (χ1n) is 9.59. The van der Waals surface area contributed by atoms with Crippen LogP contribution in [0.25, 0.3) is 0 Å². The summed E-state index contributed by atoms with van der Waals surface area (Å²) in [5.41, 5.74) is 3.81. The van der Waals surface area contributed by atoms with Crippen LogP contribution in [-0.2, 0) is 9.53 Å². The van der Waals surface area contributed by atoms with Gasteiger partial charge >= 0.3 is 0 Å². The highest BCUT2D eigenvalue weighted by molar-refractivity contribution is 6.33. The minimum atomic E-state index is -0.216. The van der Waals surface area contributed by atoms with Gasteiger partial charge in [-0.1, -0.05) is 37.6 Å². The van der Waals surface area contributed by atoms with E-state index in [1.54, 1.807) is 6.07 Å². The second-order valence-electron chi connectivity index (χ2n) is 7.30. The van der Waals surface area contributed by atoms with E-state index in [0.717, 1.165) is 35.7 Å². The predicted molar refractivity (Wildman–Crippen MR) is 114 cm³/mol. The number of hydrogen-bond donors (Lipinski definition) is 1. The summed E-state index contributed by atoms with van der Waals surface area (Å²) in [6.07, 6.45) is 0. The number of carbonyl (C=O) groups is 1. The van der Waals surface area contributed by atoms with E-state index < -0.39 is 0 Å². The molecule has 0 unspecified atom stereocenters. The molecule has 2 aromatic carbocycles. The monoisotopic (exact) mass is 402 g/mol. The van der Waals surface area contributed by atoms with Gasteiger partial charge in [-0.2, -0.15) is 0 Å². The number of nitrogens with one attached hydrogen (secondary N) is 1. The number of aryl methyl sites for hydroxylation is 1. The molecule has 2 aromatic rings. The highest BCUT2D eigenvalue weighted by Crippen LogP contribution is 2.30. The number of hydrogen-bond acceptors (Lipinski definition) is 4. The lowest BCUT2D eigenvalue weighted by Gasteiger charge is -2.29. The van der Waals surface area contributed by atoms with Crippen LogP contribution in [0.2, 0.25) is 5.02 Å². The van der Waals surface area contributed by atoms with Crippen molar-refractivity contribution in [1.29, 1.82) is 0 Å². The molecule has 3 rings (SSSR count). The summed E-state index contributed by atoms with van der Waals surface area (Å²) in [6, 6.07) is 11.6. The van der Waals surface area contributed by atoms with Crippen molar-refractivity contribution in [2.45, 2.75) is 26.7 Å². The van der Waals surface area contributed by atoms with Crippen LogP contribution in [0.5, 0.6) is 5.75 Å². The average Bonchev–Trinajstić information content (AvgIpc) is 2.67. The van der Waals surface area contributed by atoms with Crippen LogP contribution in [0.1, 0.15) is 30.9 Å².